The number of rotatable bonds is 7. The molecule has 5 nitrogen and oxygen atoms in total. The van der Waals surface area contributed by atoms with E-state index in [2.05, 4.69) is 28.2 Å². The molecule has 7 heteroatoms. The van der Waals surface area contributed by atoms with Gasteiger partial charge in [0, 0.05) is 29.5 Å². The number of carbonyl (C=O) groups is 1. The number of nitrogens with one attached hydrogen (secondary N) is 1. The number of sulfonamides is 1. The molecule has 1 atom stereocenters. The number of piperidine rings is 1. The van der Waals surface area contributed by atoms with Crippen LogP contribution < -0.4 is 5.32 Å². The summed E-state index contributed by atoms with van der Waals surface area (Å²) < 4.78 is 27.6. The van der Waals surface area contributed by atoms with Crippen LogP contribution in [0.4, 0.5) is 0 Å². The van der Waals surface area contributed by atoms with Crippen molar-refractivity contribution in [3.8, 4) is 0 Å². The predicted octanol–water partition coefficient (Wildman–Crippen LogP) is 3.30. The number of nitrogens with zero attached hydrogens (tertiary/aromatic N) is 1. The summed E-state index contributed by atoms with van der Waals surface area (Å²) in [6, 6.07) is 7.50. The van der Waals surface area contributed by atoms with Gasteiger partial charge in [-0.3, -0.25) is 4.79 Å². The Morgan fingerprint density at radius 2 is 1.88 bits per heavy atom. The minimum atomic E-state index is -3.34. The second-order valence-corrected chi connectivity index (χ2v) is 9.64. The first-order chi connectivity index (χ1) is 11.8. The van der Waals surface area contributed by atoms with Gasteiger partial charge in [-0.1, -0.05) is 41.4 Å². The van der Waals surface area contributed by atoms with Crippen LogP contribution in [0.15, 0.2) is 28.7 Å². The van der Waals surface area contributed by atoms with Crippen LogP contribution in [0.2, 0.25) is 0 Å². The first-order valence-electron chi connectivity index (χ1n) is 8.84. The summed E-state index contributed by atoms with van der Waals surface area (Å²) in [7, 11) is -3.34. The van der Waals surface area contributed by atoms with E-state index in [-0.39, 0.29) is 23.6 Å². The summed E-state index contributed by atoms with van der Waals surface area (Å²) in [6.07, 6.45) is 3.18. The van der Waals surface area contributed by atoms with Gasteiger partial charge in [0.15, 0.2) is 0 Å². The highest BCUT2D eigenvalue weighted by atomic mass is 79.9. The highest BCUT2D eigenvalue weighted by molar-refractivity contribution is 9.10. The molecule has 1 aromatic carbocycles. The lowest BCUT2D eigenvalue weighted by Crippen LogP contribution is -2.45. The van der Waals surface area contributed by atoms with Gasteiger partial charge in [0.25, 0.3) is 0 Å². The molecule has 1 amide bonds. The number of amides is 1. The fourth-order valence-corrected chi connectivity index (χ4v) is 4.97. The normalized spacial score (nSPS) is 18.0. The summed E-state index contributed by atoms with van der Waals surface area (Å²) in [6.45, 7) is 4.94. The fourth-order valence-electron chi connectivity index (χ4n) is 3.14. The summed E-state index contributed by atoms with van der Waals surface area (Å²) in [5.74, 6) is -0.0191. The Morgan fingerprint density at radius 1 is 1.28 bits per heavy atom. The molecule has 140 valence electrons. The van der Waals surface area contributed by atoms with Crippen molar-refractivity contribution in [3.63, 3.8) is 0 Å². The monoisotopic (exact) mass is 430 g/mol. The standard InChI is InChI=1S/C18H27BrN2O3S/c1-3-4-14(2)20-18(22)16-9-11-21(12-10-16)25(23,24)13-15-5-7-17(19)8-6-15/h5-8,14,16H,3-4,9-13H2,1-2H3,(H,20,22). The predicted molar refractivity (Wildman–Crippen MR) is 104 cm³/mol. The van der Waals surface area contributed by atoms with E-state index in [1.165, 1.54) is 4.31 Å². The van der Waals surface area contributed by atoms with Gasteiger partial charge in [-0.2, -0.15) is 0 Å². The van der Waals surface area contributed by atoms with Crippen molar-refractivity contribution in [3.05, 3.63) is 34.3 Å². The van der Waals surface area contributed by atoms with Crippen LogP contribution in [0, 0.1) is 5.92 Å². The molecule has 1 unspecified atom stereocenters. The van der Waals surface area contributed by atoms with Crippen LogP contribution >= 0.6 is 15.9 Å². The van der Waals surface area contributed by atoms with Crippen molar-refractivity contribution >= 4 is 31.9 Å². The number of carbonyl (C=O) groups excluding carboxylic acids is 1. The Balaban J connectivity index is 1.88. The van der Waals surface area contributed by atoms with Crippen molar-refractivity contribution < 1.29 is 13.2 Å². The molecule has 1 saturated heterocycles. The van der Waals surface area contributed by atoms with Gasteiger partial charge in [-0.05, 0) is 43.9 Å². The second kappa shape index (κ2) is 9.14. The van der Waals surface area contributed by atoms with Crippen LogP contribution in [0.25, 0.3) is 0 Å². The topological polar surface area (TPSA) is 66.5 Å². The van der Waals surface area contributed by atoms with Crippen molar-refractivity contribution in [2.75, 3.05) is 13.1 Å². The van der Waals surface area contributed by atoms with Crippen molar-refractivity contribution in [2.24, 2.45) is 5.92 Å². The van der Waals surface area contributed by atoms with Crippen molar-refractivity contribution in [2.45, 2.75) is 51.3 Å². The molecule has 2 rings (SSSR count). The number of benzene rings is 1. The van der Waals surface area contributed by atoms with Crippen LogP contribution in [-0.2, 0) is 20.6 Å². The Labute approximate surface area is 159 Å². The largest absolute Gasteiger partial charge is 0.353 e. The quantitative estimate of drug-likeness (QED) is 0.721. The zero-order valence-electron chi connectivity index (χ0n) is 14.9. The summed E-state index contributed by atoms with van der Waals surface area (Å²) >= 11 is 3.35. The van der Waals surface area contributed by atoms with E-state index in [0.29, 0.717) is 25.9 Å². The Morgan fingerprint density at radius 3 is 2.44 bits per heavy atom. The van der Waals surface area contributed by atoms with Crippen LogP contribution in [0.1, 0.15) is 45.1 Å². The van der Waals surface area contributed by atoms with E-state index in [0.717, 1.165) is 22.9 Å². The van der Waals surface area contributed by atoms with Crippen LogP contribution in [0.3, 0.4) is 0 Å². The Hall–Kier alpha value is -0.920. The van der Waals surface area contributed by atoms with E-state index in [1.54, 1.807) is 0 Å². The van der Waals surface area contributed by atoms with Gasteiger partial charge in [0.05, 0.1) is 5.75 Å². The smallest absolute Gasteiger partial charge is 0.223 e. The molecule has 25 heavy (non-hydrogen) atoms. The molecule has 1 aliphatic rings. The molecule has 0 aromatic heterocycles. The molecule has 1 heterocycles. The molecule has 0 saturated carbocycles. The van der Waals surface area contributed by atoms with E-state index < -0.39 is 10.0 Å². The van der Waals surface area contributed by atoms with Crippen molar-refractivity contribution in [1.29, 1.82) is 0 Å². The highest BCUT2D eigenvalue weighted by Gasteiger charge is 2.31. The first-order valence-corrected chi connectivity index (χ1v) is 11.2. The third-order valence-corrected chi connectivity index (χ3v) is 6.97. The SMILES string of the molecule is CCCC(C)NC(=O)C1CCN(S(=O)(=O)Cc2ccc(Br)cc2)CC1. The zero-order chi connectivity index (χ0) is 18.4. The Bertz CT molecular complexity index is 668. The van der Waals surface area contributed by atoms with Gasteiger partial charge in [0.1, 0.15) is 0 Å². The van der Waals surface area contributed by atoms with Gasteiger partial charge in [0.2, 0.25) is 15.9 Å². The van der Waals surface area contributed by atoms with E-state index in [1.807, 2.05) is 31.2 Å². The summed E-state index contributed by atoms with van der Waals surface area (Å²) in [5.41, 5.74) is 0.774. The highest BCUT2D eigenvalue weighted by Crippen LogP contribution is 2.22. The molecule has 0 radical (unpaired) electrons. The lowest BCUT2D eigenvalue weighted by Gasteiger charge is -2.31. The third-order valence-electron chi connectivity index (χ3n) is 4.59. The minimum Gasteiger partial charge on any atom is -0.353 e. The van der Waals surface area contributed by atoms with Crippen LogP contribution in [-0.4, -0.2) is 37.8 Å². The van der Waals surface area contributed by atoms with Gasteiger partial charge in [-0.25, -0.2) is 12.7 Å². The average Bonchev–Trinajstić information content (AvgIpc) is 2.57. The van der Waals surface area contributed by atoms with E-state index in [9.17, 15) is 13.2 Å². The first kappa shape index (κ1) is 20.4. The Kier molecular flexibility index (Phi) is 7.46. The number of halogens is 1. The molecular formula is C18H27BrN2O3S. The van der Waals surface area contributed by atoms with Gasteiger partial charge < -0.3 is 5.32 Å². The maximum Gasteiger partial charge on any atom is 0.223 e. The summed E-state index contributed by atoms with van der Waals surface area (Å²) in [4.78, 5) is 12.3. The van der Waals surface area contributed by atoms with Crippen LogP contribution in [0.5, 0.6) is 0 Å². The lowest BCUT2D eigenvalue weighted by molar-refractivity contribution is -0.126. The number of hydrogen-bond acceptors (Lipinski definition) is 3. The maximum atomic E-state index is 12.6. The van der Waals surface area contributed by atoms with Gasteiger partial charge >= 0.3 is 0 Å². The van der Waals surface area contributed by atoms with E-state index in [4.69, 9.17) is 0 Å². The summed E-state index contributed by atoms with van der Waals surface area (Å²) in [5, 5.41) is 3.04. The lowest BCUT2D eigenvalue weighted by atomic mass is 9.96. The average molecular weight is 431 g/mol. The third kappa shape index (κ3) is 6.08. The molecule has 0 spiro atoms. The second-order valence-electron chi connectivity index (χ2n) is 6.75. The molecule has 1 fully saturated rings. The number of hydrogen-bond donors (Lipinski definition) is 1. The zero-order valence-corrected chi connectivity index (χ0v) is 17.3. The maximum absolute atomic E-state index is 12.6. The minimum absolute atomic E-state index is 0.00464. The molecule has 0 bridgehead atoms. The molecule has 1 N–H and O–H groups in total. The molecular weight excluding hydrogens is 404 g/mol. The molecule has 0 aliphatic carbocycles. The molecule has 1 aliphatic heterocycles. The fraction of sp³-hybridized carbons (Fsp3) is 0.611. The molecule has 1 aromatic rings. The van der Waals surface area contributed by atoms with Crippen molar-refractivity contribution in [1.82, 2.24) is 9.62 Å². The van der Waals surface area contributed by atoms with Gasteiger partial charge in [-0.15, -0.1) is 0 Å². The van der Waals surface area contributed by atoms with E-state index >= 15 is 0 Å².